The molecule has 0 atom stereocenters. The van der Waals surface area contributed by atoms with Crippen LogP contribution in [0.2, 0.25) is 0 Å². The molecule has 3 N–H and O–H groups in total. The fourth-order valence-electron chi connectivity index (χ4n) is 0.515. The number of nitrogens with one attached hydrogen (secondary N) is 1. The summed E-state index contributed by atoms with van der Waals surface area (Å²) in [5, 5.41) is 0. The van der Waals surface area contributed by atoms with Gasteiger partial charge in [0.2, 0.25) is 0 Å². The Labute approximate surface area is 85.2 Å². The van der Waals surface area contributed by atoms with Gasteiger partial charge in [0, 0.05) is 5.57 Å². The highest BCUT2D eigenvalue weighted by molar-refractivity contribution is 5.93. The Morgan fingerprint density at radius 3 is 2.53 bits per heavy atom. The zero-order valence-electron chi connectivity index (χ0n) is 7.61. The van der Waals surface area contributed by atoms with E-state index in [-0.39, 0.29) is 5.57 Å². The van der Waals surface area contributed by atoms with E-state index >= 15 is 0 Å². The lowest BCUT2D eigenvalue weighted by atomic mass is 10.2. The molecule has 7 heteroatoms. The third kappa shape index (κ3) is 5.70. The van der Waals surface area contributed by atoms with E-state index in [4.69, 9.17) is 0 Å². The maximum atomic E-state index is 10.9. The van der Waals surface area contributed by atoms with Crippen LogP contribution in [-0.2, 0) is 19.2 Å². The summed E-state index contributed by atoms with van der Waals surface area (Å²) in [5.74, 6) is -1.85. The number of primary amides is 1. The van der Waals surface area contributed by atoms with Crippen molar-refractivity contribution in [1.29, 1.82) is 0 Å². The minimum Gasteiger partial charge on any atom is -0.369 e. The number of esters is 1. The van der Waals surface area contributed by atoms with Gasteiger partial charge in [-0.3, -0.25) is 0 Å². The number of hydrogen-bond donors (Lipinski definition) is 2. The molecule has 0 spiro atoms. The Hall–Kier alpha value is -2.49. The van der Waals surface area contributed by atoms with Crippen LogP contribution in [0.1, 0.15) is 6.42 Å². The van der Waals surface area contributed by atoms with Gasteiger partial charge in [0.15, 0.2) is 0 Å². The molecule has 0 fully saturated rings. The van der Waals surface area contributed by atoms with Gasteiger partial charge in [0.05, 0.1) is 6.42 Å². The predicted octanol–water partition coefficient (Wildman–Crippen LogP) is -0.807. The highest BCUT2D eigenvalue weighted by Gasteiger charge is 2.14. The van der Waals surface area contributed by atoms with Crippen LogP contribution in [-0.4, -0.2) is 18.0 Å². The molecule has 0 unspecified atom stereocenters. The van der Waals surface area contributed by atoms with E-state index in [0.717, 1.165) is 0 Å². The van der Waals surface area contributed by atoms with Crippen LogP contribution in [0.5, 0.6) is 0 Å². The lowest BCUT2D eigenvalue weighted by molar-refractivity contribution is -0.149. The van der Waals surface area contributed by atoms with Crippen LogP contribution in [0.25, 0.3) is 0 Å². The number of rotatable bonds is 3. The SMILES string of the molecule is C#COC(=O)C(=C)CC(=O)ONC(N)=O. The Balaban J connectivity index is 3.97. The molecule has 0 heterocycles. The van der Waals surface area contributed by atoms with E-state index in [0.29, 0.717) is 0 Å². The van der Waals surface area contributed by atoms with Crippen molar-refractivity contribution in [3.63, 3.8) is 0 Å². The van der Waals surface area contributed by atoms with Crippen molar-refractivity contribution in [2.45, 2.75) is 6.42 Å². The molecule has 0 aliphatic carbocycles. The van der Waals surface area contributed by atoms with Crippen LogP contribution in [0.4, 0.5) is 4.79 Å². The van der Waals surface area contributed by atoms with E-state index in [9.17, 15) is 14.4 Å². The smallest absolute Gasteiger partial charge is 0.347 e. The molecule has 0 aliphatic rings. The molecule has 0 saturated heterocycles. The van der Waals surface area contributed by atoms with E-state index in [2.05, 4.69) is 28.3 Å². The van der Waals surface area contributed by atoms with Crippen molar-refractivity contribution >= 4 is 18.0 Å². The fraction of sp³-hybridized carbons (Fsp3) is 0.125. The number of nitrogens with two attached hydrogens (primary N) is 1. The highest BCUT2D eigenvalue weighted by atomic mass is 16.7. The summed E-state index contributed by atoms with van der Waals surface area (Å²) in [6, 6.07) is -1.04. The first-order valence-electron chi connectivity index (χ1n) is 3.57. The summed E-state index contributed by atoms with van der Waals surface area (Å²) >= 11 is 0. The Kier molecular flexibility index (Phi) is 5.04. The number of terminal acetylenes is 1. The van der Waals surface area contributed by atoms with Gasteiger partial charge >= 0.3 is 18.0 Å². The maximum Gasteiger partial charge on any atom is 0.347 e. The molecule has 0 aromatic carbocycles. The van der Waals surface area contributed by atoms with Crippen molar-refractivity contribution < 1.29 is 24.0 Å². The van der Waals surface area contributed by atoms with Crippen molar-refractivity contribution in [2.24, 2.45) is 5.73 Å². The van der Waals surface area contributed by atoms with Gasteiger partial charge in [-0.1, -0.05) is 13.0 Å². The highest BCUT2D eigenvalue weighted by Crippen LogP contribution is 2.01. The van der Waals surface area contributed by atoms with Crippen molar-refractivity contribution in [2.75, 3.05) is 0 Å². The molecule has 2 amide bonds. The monoisotopic (exact) mass is 212 g/mol. The van der Waals surface area contributed by atoms with E-state index in [1.54, 1.807) is 11.6 Å². The van der Waals surface area contributed by atoms with Gasteiger partial charge in [0.25, 0.3) is 0 Å². The first-order valence-corrected chi connectivity index (χ1v) is 3.57. The number of amides is 2. The third-order valence-electron chi connectivity index (χ3n) is 1.06. The Bertz CT molecular complexity index is 341. The first-order chi connectivity index (χ1) is 6.97. The van der Waals surface area contributed by atoms with Crippen LogP contribution in [0.3, 0.4) is 0 Å². The molecule has 0 aromatic heterocycles. The number of hydrogen-bond acceptors (Lipinski definition) is 5. The molecule has 0 aromatic rings. The zero-order valence-corrected chi connectivity index (χ0v) is 7.61. The topological polar surface area (TPSA) is 108 Å². The summed E-state index contributed by atoms with van der Waals surface area (Å²) in [5.41, 5.74) is 5.98. The van der Waals surface area contributed by atoms with Gasteiger partial charge in [-0.25, -0.2) is 14.4 Å². The molecule has 0 aliphatic heterocycles. The molecule has 80 valence electrons. The second-order valence-electron chi connectivity index (χ2n) is 2.23. The normalized spacial score (nSPS) is 8.20. The molecular weight excluding hydrogens is 204 g/mol. The lowest BCUT2D eigenvalue weighted by Crippen LogP contribution is -2.32. The molecule has 0 saturated carbocycles. The summed E-state index contributed by atoms with van der Waals surface area (Å²) in [7, 11) is 0. The van der Waals surface area contributed by atoms with Crippen LogP contribution in [0, 0.1) is 12.5 Å². The van der Waals surface area contributed by atoms with Crippen molar-refractivity contribution in [3.8, 4) is 12.5 Å². The average molecular weight is 212 g/mol. The second kappa shape index (κ2) is 6.04. The van der Waals surface area contributed by atoms with E-state index in [1.807, 2.05) is 0 Å². The molecule has 0 radical (unpaired) electrons. The van der Waals surface area contributed by atoms with Gasteiger partial charge in [-0.05, 0) is 0 Å². The predicted molar refractivity (Wildman–Crippen MR) is 47.5 cm³/mol. The van der Waals surface area contributed by atoms with Crippen molar-refractivity contribution in [3.05, 3.63) is 12.2 Å². The Morgan fingerprint density at radius 1 is 1.47 bits per heavy atom. The molecule has 0 bridgehead atoms. The van der Waals surface area contributed by atoms with Crippen molar-refractivity contribution in [1.82, 2.24) is 5.48 Å². The summed E-state index contributed by atoms with van der Waals surface area (Å²) in [6.07, 6.45) is 5.82. The lowest BCUT2D eigenvalue weighted by Gasteiger charge is -2.03. The summed E-state index contributed by atoms with van der Waals surface area (Å²) in [6.45, 7) is 3.23. The summed E-state index contributed by atoms with van der Waals surface area (Å²) in [4.78, 5) is 35.9. The van der Waals surface area contributed by atoms with Gasteiger partial charge < -0.3 is 15.3 Å². The minimum atomic E-state index is -1.04. The largest absolute Gasteiger partial charge is 0.369 e. The number of carbonyl (C=O) groups excluding carboxylic acids is 3. The standard InChI is InChI=1S/C8H8N2O5/c1-3-14-7(12)5(2)4-6(11)15-10-8(9)13/h1H,2,4H2,(H3,9,10,13). The van der Waals surface area contributed by atoms with Crippen LogP contribution < -0.4 is 11.2 Å². The van der Waals surface area contributed by atoms with Gasteiger partial charge in [-0.2, -0.15) is 5.48 Å². The van der Waals surface area contributed by atoms with Gasteiger partial charge in [-0.15, -0.1) is 0 Å². The maximum absolute atomic E-state index is 10.9. The average Bonchev–Trinajstić information content (AvgIpc) is 2.15. The van der Waals surface area contributed by atoms with Gasteiger partial charge in [0.1, 0.15) is 6.11 Å². The molecule has 0 rings (SSSR count). The minimum absolute atomic E-state index is 0.204. The number of ether oxygens (including phenoxy) is 1. The molecule has 7 nitrogen and oxygen atoms in total. The first kappa shape index (κ1) is 12.5. The van der Waals surface area contributed by atoms with E-state index in [1.165, 1.54) is 0 Å². The van der Waals surface area contributed by atoms with Crippen LogP contribution in [0.15, 0.2) is 12.2 Å². The van der Waals surface area contributed by atoms with Crippen LogP contribution >= 0.6 is 0 Å². The Morgan fingerprint density at radius 2 is 2.07 bits per heavy atom. The molecular formula is C8H8N2O5. The fourth-order valence-corrected chi connectivity index (χ4v) is 0.515. The zero-order chi connectivity index (χ0) is 11.8. The third-order valence-corrected chi connectivity index (χ3v) is 1.06. The summed E-state index contributed by atoms with van der Waals surface area (Å²) < 4.78 is 4.10. The quantitative estimate of drug-likeness (QED) is 0.275. The number of urea groups is 1. The van der Waals surface area contributed by atoms with E-state index < -0.39 is 24.4 Å². The second-order valence-corrected chi connectivity index (χ2v) is 2.23. The molecule has 15 heavy (non-hydrogen) atoms. The number of carbonyl (C=O) groups is 3. The number of hydroxylamine groups is 1.